The molecule has 2 heterocycles. The Morgan fingerprint density at radius 2 is 1.87 bits per heavy atom. The van der Waals surface area contributed by atoms with Crippen LogP contribution in [-0.2, 0) is 16.1 Å². The fourth-order valence-electron chi connectivity index (χ4n) is 2.93. The zero-order chi connectivity index (χ0) is 21.8. The molecule has 3 aromatic rings. The number of hydrogen-bond donors (Lipinski definition) is 1. The van der Waals surface area contributed by atoms with Crippen LogP contribution in [0, 0.1) is 0 Å². The van der Waals surface area contributed by atoms with E-state index in [1.165, 1.54) is 5.56 Å². The van der Waals surface area contributed by atoms with Gasteiger partial charge in [-0.1, -0.05) is 43.3 Å². The molecule has 9 heteroatoms. The third-order valence-corrected chi connectivity index (χ3v) is 4.69. The summed E-state index contributed by atoms with van der Waals surface area (Å²) in [5.41, 5.74) is 2.37. The van der Waals surface area contributed by atoms with Gasteiger partial charge in [-0.25, -0.2) is 0 Å². The summed E-state index contributed by atoms with van der Waals surface area (Å²) in [5, 5.41) is 6.41. The van der Waals surface area contributed by atoms with Crippen LogP contribution >= 0.6 is 0 Å². The van der Waals surface area contributed by atoms with Crippen molar-refractivity contribution < 1.29 is 28.3 Å². The Morgan fingerprint density at radius 3 is 2.65 bits per heavy atom. The van der Waals surface area contributed by atoms with Gasteiger partial charge in [-0.15, -0.1) is 0 Å². The molecule has 0 bridgehead atoms. The lowest BCUT2D eigenvalue weighted by Gasteiger charge is -2.06. The molecule has 9 nitrogen and oxygen atoms in total. The normalized spacial score (nSPS) is 12.1. The molecule has 31 heavy (non-hydrogen) atoms. The summed E-state index contributed by atoms with van der Waals surface area (Å²) < 4.78 is 20.7. The quantitative estimate of drug-likeness (QED) is 0.577. The van der Waals surface area contributed by atoms with E-state index in [4.69, 9.17) is 18.7 Å². The van der Waals surface area contributed by atoms with Crippen LogP contribution in [0.15, 0.2) is 47.0 Å². The second-order valence-corrected chi connectivity index (χ2v) is 7.20. The van der Waals surface area contributed by atoms with E-state index in [-0.39, 0.29) is 25.8 Å². The van der Waals surface area contributed by atoms with Gasteiger partial charge in [0, 0.05) is 11.1 Å². The lowest BCUT2D eigenvalue weighted by Crippen LogP contribution is -2.30. The van der Waals surface area contributed by atoms with Gasteiger partial charge < -0.3 is 24.1 Å². The van der Waals surface area contributed by atoms with Crippen molar-refractivity contribution in [1.29, 1.82) is 0 Å². The van der Waals surface area contributed by atoms with Gasteiger partial charge in [-0.3, -0.25) is 9.59 Å². The molecule has 0 fully saturated rings. The molecule has 1 aromatic heterocycles. The number of aromatic nitrogens is 2. The lowest BCUT2D eigenvalue weighted by atomic mass is 10.0. The van der Waals surface area contributed by atoms with Crippen LogP contribution in [0.5, 0.6) is 11.5 Å². The molecule has 0 saturated heterocycles. The Balaban J connectivity index is 1.26. The van der Waals surface area contributed by atoms with E-state index in [0.29, 0.717) is 28.8 Å². The minimum absolute atomic E-state index is 0.118. The number of nitrogens with one attached hydrogen (secondary N) is 1. The standard InChI is InChI=1S/C22H21N3O6/c1-13(2)14-3-5-15(6-4-14)21-24-19(31-25-21)11-28-20(26)10-23-22(27)16-7-8-17-18(9-16)30-12-29-17/h3-9,13H,10-12H2,1-2H3,(H,23,27). The van der Waals surface area contributed by atoms with Crippen LogP contribution in [0.2, 0.25) is 0 Å². The smallest absolute Gasteiger partial charge is 0.325 e. The summed E-state index contributed by atoms with van der Waals surface area (Å²) in [6.45, 7) is 3.87. The number of fused-ring (bicyclic) bond motifs is 1. The molecule has 0 radical (unpaired) electrons. The van der Waals surface area contributed by atoms with Gasteiger partial charge in [-0.05, 0) is 29.7 Å². The molecule has 0 atom stereocenters. The van der Waals surface area contributed by atoms with Crippen molar-refractivity contribution >= 4 is 11.9 Å². The van der Waals surface area contributed by atoms with E-state index in [1.54, 1.807) is 18.2 Å². The van der Waals surface area contributed by atoms with E-state index in [9.17, 15) is 9.59 Å². The highest BCUT2D eigenvalue weighted by Crippen LogP contribution is 2.32. The summed E-state index contributed by atoms with van der Waals surface area (Å²) >= 11 is 0. The van der Waals surface area contributed by atoms with Crippen molar-refractivity contribution in [2.24, 2.45) is 0 Å². The molecule has 1 aliphatic rings. The Kier molecular flexibility index (Phi) is 5.83. The molecule has 160 valence electrons. The van der Waals surface area contributed by atoms with Crippen molar-refractivity contribution in [2.45, 2.75) is 26.4 Å². The largest absolute Gasteiger partial charge is 0.454 e. The number of amides is 1. The first-order valence-corrected chi connectivity index (χ1v) is 9.76. The predicted molar refractivity (Wildman–Crippen MR) is 109 cm³/mol. The SMILES string of the molecule is CC(C)c1ccc(-c2noc(COC(=O)CNC(=O)c3ccc4c(c3)OCO4)n2)cc1. The van der Waals surface area contributed by atoms with Gasteiger partial charge in [0.25, 0.3) is 11.8 Å². The molecule has 1 amide bonds. The van der Waals surface area contributed by atoms with E-state index in [1.807, 2.05) is 24.3 Å². The molecule has 0 saturated carbocycles. The Bertz CT molecular complexity index is 1090. The molecule has 4 rings (SSSR count). The first kappa shape index (κ1) is 20.4. The molecule has 0 aliphatic carbocycles. The summed E-state index contributed by atoms with van der Waals surface area (Å²) in [6.07, 6.45) is 0. The number of hydrogen-bond acceptors (Lipinski definition) is 8. The summed E-state index contributed by atoms with van der Waals surface area (Å²) in [7, 11) is 0. The van der Waals surface area contributed by atoms with E-state index < -0.39 is 11.9 Å². The number of nitrogens with zero attached hydrogens (tertiary/aromatic N) is 2. The van der Waals surface area contributed by atoms with Crippen LogP contribution in [0.3, 0.4) is 0 Å². The van der Waals surface area contributed by atoms with Crippen molar-refractivity contribution in [3.63, 3.8) is 0 Å². The van der Waals surface area contributed by atoms with Crippen molar-refractivity contribution in [1.82, 2.24) is 15.5 Å². The van der Waals surface area contributed by atoms with Crippen LogP contribution in [0.4, 0.5) is 0 Å². The average Bonchev–Trinajstić information content (AvgIpc) is 3.45. The van der Waals surface area contributed by atoms with Crippen LogP contribution in [-0.4, -0.2) is 35.4 Å². The number of ether oxygens (including phenoxy) is 3. The number of esters is 1. The first-order chi connectivity index (χ1) is 15.0. The first-order valence-electron chi connectivity index (χ1n) is 9.76. The predicted octanol–water partition coefficient (Wildman–Crippen LogP) is 3.06. The lowest BCUT2D eigenvalue weighted by molar-refractivity contribution is -0.144. The molecular weight excluding hydrogens is 402 g/mol. The Labute approximate surface area is 178 Å². The van der Waals surface area contributed by atoms with Gasteiger partial charge >= 0.3 is 5.97 Å². The zero-order valence-electron chi connectivity index (χ0n) is 17.1. The van der Waals surface area contributed by atoms with E-state index in [2.05, 4.69) is 29.3 Å². The molecule has 1 N–H and O–H groups in total. The maximum Gasteiger partial charge on any atom is 0.325 e. The Morgan fingerprint density at radius 1 is 1.10 bits per heavy atom. The molecule has 2 aromatic carbocycles. The summed E-state index contributed by atoms with van der Waals surface area (Å²) in [6, 6.07) is 12.6. The highest BCUT2D eigenvalue weighted by atomic mass is 16.7. The minimum Gasteiger partial charge on any atom is -0.454 e. The van der Waals surface area contributed by atoms with Gasteiger partial charge in [0.05, 0.1) is 0 Å². The van der Waals surface area contributed by atoms with Gasteiger partial charge in [-0.2, -0.15) is 4.98 Å². The fourth-order valence-corrected chi connectivity index (χ4v) is 2.93. The maximum atomic E-state index is 12.2. The highest BCUT2D eigenvalue weighted by Gasteiger charge is 2.17. The monoisotopic (exact) mass is 423 g/mol. The highest BCUT2D eigenvalue weighted by molar-refractivity contribution is 5.96. The average molecular weight is 423 g/mol. The van der Waals surface area contributed by atoms with Gasteiger partial charge in [0.2, 0.25) is 12.6 Å². The number of carbonyl (C=O) groups excluding carboxylic acids is 2. The number of benzene rings is 2. The number of carbonyl (C=O) groups is 2. The Hall–Kier alpha value is -3.88. The zero-order valence-corrected chi connectivity index (χ0v) is 17.1. The van der Waals surface area contributed by atoms with Crippen LogP contribution in [0.25, 0.3) is 11.4 Å². The topological polar surface area (TPSA) is 113 Å². The maximum absolute atomic E-state index is 12.2. The van der Waals surface area contributed by atoms with E-state index >= 15 is 0 Å². The van der Waals surface area contributed by atoms with Crippen molar-refractivity contribution in [2.75, 3.05) is 13.3 Å². The second-order valence-electron chi connectivity index (χ2n) is 7.20. The van der Waals surface area contributed by atoms with Crippen LogP contribution < -0.4 is 14.8 Å². The van der Waals surface area contributed by atoms with Crippen molar-refractivity contribution in [3.8, 4) is 22.9 Å². The second kappa shape index (κ2) is 8.86. The van der Waals surface area contributed by atoms with Crippen molar-refractivity contribution in [3.05, 3.63) is 59.5 Å². The fraction of sp³-hybridized carbons (Fsp3) is 0.273. The molecule has 0 spiro atoms. The molecule has 1 aliphatic heterocycles. The minimum atomic E-state index is -0.630. The van der Waals surface area contributed by atoms with Gasteiger partial charge in [0.15, 0.2) is 18.1 Å². The third-order valence-electron chi connectivity index (χ3n) is 4.69. The van der Waals surface area contributed by atoms with E-state index in [0.717, 1.165) is 5.56 Å². The summed E-state index contributed by atoms with van der Waals surface area (Å²) in [5.74, 6) is 1.01. The summed E-state index contributed by atoms with van der Waals surface area (Å²) in [4.78, 5) is 28.4. The van der Waals surface area contributed by atoms with Crippen LogP contribution in [0.1, 0.15) is 41.6 Å². The number of rotatable bonds is 7. The molecule has 0 unspecified atom stereocenters. The third kappa shape index (κ3) is 4.82. The van der Waals surface area contributed by atoms with Gasteiger partial charge in [0.1, 0.15) is 6.54 Å². The molecular formula is C22H21N3O6.